The highest BCUT2D eigenvalue weighted by atomic mass is 16.6. The van der Waals surface area contributed by atoms with Crippen LogP contribution in [0, 0.1) is 0 Å². The molecule has 1 saturated heterocycles. The molecule has 3 aromatic rings. The Bertz CT molecular complexity index is 1170. The summed E-state index contributed by atoms with van der Waals surface area (Å²) in [5.41, 5.74) is 0.910. The van der Waals surface area contributed by atoms with Crippen LogP contribution >= 0.6 is 0 Å². The third-order valence-corrected chi connectivity index (χ3v) is 5.79. The van der Waals surface area contributed by atoms with Gasteiger partial charge in [0.2, 0.25) is 0 Å². The summed E-state index contributed by atoms with van der Waals surface area (Å²) in [5.74, 6) is -1.94. The van der Waals surface area contributed by atoms with E-state index >= 15 is 0 Å². The monoisotopic (exact) mass is 490 g/mol. The van der Waals surface area contributed by atoms with E-state index in [2.05, 4.69) is 0 Å². The summed E-state index contributed by atoms with van der Waals surface area (Å²) in [4.78, 5) is 37.9. The van der Waals surface area contributed by atoms with Gasteiger partial charge in [0, 0.05) is 0 Å². The molecule has 8 nitrogen and oxygen atoms in total. The standard InChI is InChI=1S/C28H26O8/c1-18-24(35-27(31)20-13-7-3-8-14-20)25(36-28(32)21-15-9-4-10-16-21)23(29)22(34-18)17-33-26(30)19-11-5-2-6-12-19/h2-16,18,22-25,29H,17H2,1H3. The molecule has 0 aromatic heterocycles. The molecule has 36 heavy (non-hydrogen) atoms. The van der Waals surface area contributed by atoms with Crippen LogP contribution in [0.2, 0.25) is 0 Å². The maximum Gasteiger partial charge on any atom is 0.338 e. The van der Waals surface area contributed by atoms with E-state index in [-0.39, 0.29) is 12.2 Å². The van der Waals surface area contributed by atoms with Gasteiger partial charge in [-0.25, -0.2) is 14.4 Å². The molecule has 1 heterocycles. The molecule has 0 amide bonds. The van der Waals surface area contributed by atoms with E-state index in [1.165, 1.54) is 0 Å². The average molecular weight is 491 g/mol. The first-order chi connectivity index (χ1) is 17.4. The second-order valence-corrected chi connectivity index (χ2v) is 8.31. The summed E-state index contributed by atoms with van der Waals surface area (Å²) in [6.45, 7) is 1.34. The van der Waals surface area contributed by atoms with Gasteiger partial charge in [0.05, 0.1) is 22.8 Å². The zero-order chi connectivity index (χ0) is 25.5. The fourth-order valence-corrected chi connectivity index (χ4v) is 3.89. The maximum absolute atomic E-state index is 12.8. The first kappa shape index (κ1) is 25.1. The number of carbonyl (C=O) groups excluding carboxylic acids is 3. The van der Waals surface area contributed by atoms with E-state index in [0.29, 0.717) is 11.1 Å². The molecule has 1 aliphatic rings. The molecule has 0 radical (unpaired) electrons. The summed E-state index contributed by atoms with van der Waals surface area (Å²) in [6.07, 6.45) is -5.62. The van der Waals surface area contributed by atoms with Crippen LogP contribution in [0.5, 0.6) is 0 Å². The van der Waals surface area contributed by atoms with Crippen molar-refractivity contribution in [3.63, 3.8) is 0 Å². The molecule has 0 spiro atoms. The Kier molecular flexibility index (Phi) is 8.10. The van der Waals surface area contributed by atoms with Crippen LogP contribution in [-0.2, 0) is 18.9 Å². The Hall–Kier alpha value is -4.01. The maximum atomic E-state index is 12.8. The summed E-state index contributed by atoms with van der Waals surface area (Å²) in [6, 6.07) is 25.0. The Morgan fingerprint density at radius 1 is 0.694 bits per heavy atom. The van der Waals surface area contributed by atoms with E-state index in [9.17, 15) is 19.5 Å². The zero-order valence-corrected chi connectivity index (χ0v) is 19.6. The van der Waals surface area contributed by atoms with E-state index in [0.717, 1.165) is 0 Å². The SMILES string of the molecule is CC1OC(COC(=O)c2ccccc2)C(O)C(OC(=O)c2ccccc2)C1OC(=O)c1ccccc1. The molecule has 1 fully saturated rings. The Morgan fingerprint density at radius 3 is 1.58 bits per heavy atom. The van der Waals surface area contributed by atoms with E-state index in [1.54, 1.807) is 97.9 Å². The highest BCUT2D eigenvalue weighted by Crippen LogP contribution is 2.28. The minimum atomic E-state index is -1.44. The van der Waals surface area contributed by atoms with E-state index in [1.807, 2.05) is 0 Å². The molecule has 1 aliphatic heterocycles. The van der Waals surface area contributed by atoms with Gasteiger partial charge >= 0.3 is 17.9 Å². The second-order valence-electron chi connectivity index (χ2n) is 8.31. The fourth-order valence-electron chi connectivity index (χ4n) is 3.89. The number of rotatable bonds is 7. The molecule has 1 N–H and O–H groups in total. The smallest absolute Gasteiger partial charge is 0.338 e. The van der Waals surface area contributed by atoms with Gasteiger partial charge in [0.25, 0.3) is 0 Å². The first-order valence-corrected chi connectivity index (χ1v) is 11.5. The minimum absolute atomic E-state index is 0.268. The molecule has 0 aliphatic carbocycles. The number of hydrogen-bond acceptors (Lipinski definition) is 8. The lowest BCUT2D eigenvalue weighted by Gasteiger charge is -2.42. The Balaban J connectivity index is 1.52. The molecule has 186 valence electrons. The number of aliphatic hydroxyl groups excluding tert-OH is 1. The number of hydrogen-bond donors (Lipinski definition) is 1. The molecule has 4 rings (SSSR count). The fraction of sp³-hybridized carbons (Fsp3) is 0.250. The first-order valence-electron chi connectivity index (χ1n) is 11.5. The largest absolute Gasteiger partial charge is 0.459 e. The van der Waals surface area contributed by atoms with Crippen molar-refractivity contribution in [2.75, 3.05) is 6.61 Å². The molecular formula is C28H26O8. The normalized spacial score (nSPS) is 23.3. The van der Waals surface area contributed by atoms with Gasteiger partial charge in [-0.3, -0.25) is 0 Å². The van der Waals surface area contributed by atoms with Crippen molar-refractivity contribution < 1.29 is 38.4 Å². The van der Waals surface area contributed by atoms with Crippen LogP contribution in [-0.4, -0.2) is 60.1 Å². The Labute approximate surface area is 208 Å². The molecule has 5 unspecified atom stereocenters. The van der Waals surface area contributed by atoms with Crippen LogP contribution in [0.3, 0.4) is 0 Å². The van der Waals surface area contributed by atoms with Crippen LogP contribution in [0.1, 0.15) is 38.0 Å². The van der Waals surface area contributed by atoms with Gasteiger partial charge in [-0.1, -0.05) is 54.6 Å². The predicted octanol–water partition coefficient (Wildman–Crippen LogP) is 3.44. The van der Waals surface area contributed by atoms with Gasteiger partial charge in [-0.05, 0) is 43.3 Å². The number of benzene rings is 3. The number of aliphatic hydroxyl groups is 1. The van der Waals surface area contributed by atoms with Crippen molar-refractivity contribution in [1.82, 2.24) is 0 Å². The van der Waals surface area contributed by atoms with E-state index < -0.39 is 48.4 Å². The van der Waals surface area contributed by atoms with Crippen molar-refractivity contribution >= 4 is 17.9 Å². The Morgan fingerprint density at radius 2 is 1.11 bits per heavy atom. The second kappa shape index (κ2) is 11.6. The van der Waals surface area contributed by atoms with Crippen LogP contribution in [0.15, 0.2) is 91.0 Å². The zero-order valence-electron chi connectivity index (χ0n) is 19.6. The lowest BCUT2D eigenvalue weighted by atomic mass is 9.95. The lowest BCUT2D eigenvalue weighted by Crippen LogP contribution is -2.60. The summed E-state index contributed by atoms with van der Waals surface area (Å²) in [5, 5.41) is 11.1. The van der Waals surface area contributed by atoms with Gasteiger partial charge in [0.1, 0.15) is 18.8 Å². The molecule has 5 atom stereocenters. The topological polar surface area (TPSA) is 108 Å². The molecule has 0 saturated carbocycles. The number of ether oxygens (including phenoxy) is 4. The van der Waals surface area contributed by atoms with E-state index in [4.69, 9.17) is 18.9 Å². The van der Waals surface area contributed by atoms with Crippen LogP contribution in [0.4, 0.5) is 0 Å². The highest BCUT2D eigenvalue weighted by Gasteiger charge is 2.48. The quantitative estimate of drug-likeness (QED) is 0.396. The van der Waals surface area contributed by atoms with Gasteiger partial charge in [-0.15, -0.1) is 0 Å². The molecule has 3 aromatic carbocycles. The van der Waals surface area contributed by atoms with Gasteiger partial charge < -0.3 is 24.1 Å². The summed E-state index contributed by atoms with van der Waals surface area (Å²) >= 11 is 0. The van der Waals surface area contributed by atoms with Gasteiger partial charge in [0.15, 0.2) is 12.2 Å². The van der Waals surface area contributed by atoms with Crippen LogP contribution in [0.25, 0.3) is 0 Å². The van der Waals surface area contributed by atoms with Crippen molar-refractivity contribution in [3.8, 4) is 0 Å². The summed E-state index contributed by atoms with van der Waals surface area (Å²) < 4.78 is 22.5. The number of carbonyl (C=O) groups is 3. The predicted molar refractivity (Wildman–Crippen MR) is 128 cm³/mol. The minimum Gasteiger partial charge on any atom is -0.459 e. The van der Waals surface area contributed by atoms with Crippen molar-refractivity contribution in [2.45, 2.75) is 37.4 Å². The third kappa shape index (κ3) is 5.97. The highest BCUT2D eigenvalue weighted by molar-refractivity contribution is 5.90. The molecule has 8 heteroatoms. The average Bonchev–Trinajstić information content (AvgIpc) is 2.92. The molecular weight excluding hydrogens is 464 g/mol. The van der Waals surface area contributed by atoms with Crippen molar-refractivity contribution in [1.29, 1.82) is 0 Å². The van der Waals surface area contributed by atoms with Crippen molar-refractivity contribution in [2.24, 2.45) is 0 Å². The summed E-state index contributed by atoms with van der Waals surface area (Å²) in [7, 11) is 0. The lowest BCUT2D eigenvalue weighted by molar-refractivity contribution is -0.224. The van der Waals surface area contributed by atoms with Crippen LogP contribution < -0.4 is 0 Å². The third-order valence-electron chi connectivity index (χ3n) is 5.79. The molecule has 0 bridgehead atoms. The van der Waals surface area contributed by atoms with Gasteiger partial charge in [-0.2, -0.15) is 0 Å². The van der Waals surface area contributed by atoms with Crippen molar-refractivity contribution in [3.05, 3.63) is 108 Å². The number of esters is 3.